The lowest BCUT2D eigenvalue weighted by molar-refractivity contribution is 0.0505. The molecule has 1 amide bonds. The Labute approximate surface area is 149 Å². The van der Waals surface area contributed by atoms with Gasteiger partial charge in [0.15, 0.2) is 9.84 Å². The predicted molar refractivity (Wildman–Crippen MR) is 98.7 cm³/mol. The third-order valence-electron chi connectivity index (χ3n) is 5.96. The molecule has 0 N–H and O–H groups in total. The van der Waals surface area contributed by atoms with Gasteiger partial charge in [0, 0.05) is 31.9 Å². The number of hydrogen-bond acceptors (Lipinski definition) is 4. The van der Waals surface area contributed by atoms with Crippen molar-refractivity contribution in [2.45, 2.75) is 25.7 Å². The van der Waals surface area contributed by atoms with E-state index in [0.29, 0.717) is 24.9 Å². The molecule has 3 aliphatic rings. The maximum absolute atomic E-state index is 13.2. The Balaban J connectivity index is 1.55. The van der Waals surface area contributed by atoms with Crippen LogP contribution in [0.2, 0.25) is 0 Å². The summed E-state index contributed by atoms with van der Waals surface area (Å²) in [5, 5.41) is 0. The number of fused-ring (bicyclic) bond motifs is 2. The molecule has 25 heavy (non-hydrogen) atoms. The molecule has 0 unspecified atom stereocenters. The van der Waals surface area contributed by atoms with Gasteiger partial charge in [-0.3, -0.25) is 4.79 Å². The molecule has 0 spiro atoms. The normalized spacial score (nSPS) is 28.6. The monoisotopic (exact) mass is 362 g/mol. The first-order valence-corrected chi connectivity index (χ1v) is 11.2. The van der Waals surface area contributed by atoms with Crippen LogP contribution in [0.4, 0.5) is 5.69 Å². The van der Waals surface area contributed by atoms with Gasteiger partial charge in [0.1, 0.15) is 0 Å². The summed E-state index contributed by atoms with van der Waals surface area (Å²) in [4.78, 5) is 17.3. The lowest BCUT2D eigenvalue weighted by atomic mass is 9.78. The SMILES string of the molecule is O=C(c1ccccc1N1CCS(=O)(=O)CC1)N1C[C@H]2CCC[C@@H](C2)C1. The molecule has 1 saturated carbocycles. The van der Waals surface area contributed by atoms with E-state index in [1.807, 2.05) is 29.2 Å². The number of piperidine rings is 1. The zero-order chi connectivity index (χ0) is 17.4. The summed E-state index contributed by atoms with van der Waals surface area (Å²) in [6.45, 7) is 2.69. The van der Waals surface area contributed by atoms with Gasteiger partial charge >= 0.3 is 0 Å². The van der Waals surface area contributed by atoms with Crippen molar-refractivity contribution in [1.29, 1.82) is 0 Å². The highest BCUT2D eigenvalue weighted by Crippen LogP contribution is 2.35. The van der Waals surface area contributed by atoms with E-state index < -0.39 is 9.84 Å². The van der Waals surface area contributed by atoms with E-state index in [-0.39, 0.29) is 17.4 Å². The third kappa shape index (κ3) is 3.54. The summed E-state index contributed by atoms with van der Waals surface area (Å²) in [6, 6.07) is 7.68. The topological polar surface area (TPSA) is 57.7 Å². The van der Waals surface area contributed by atoms with Crippen LogP contribution in [0.1, 0.15) is 36.0 Å². The van der Waals surface area contributed by atoms with E-state index in [2.05, 4.69) is 4.90 Å². The Morgan fingerprint density at radius 1 is 1.00 bits per heavy atom. The van der Waals surface area contributed by atoms with Crippen molar-refractivity contribution in [3.8, 4) is 0 Å². The van der Waals surface area contributed by atoms with Crippen LogP contribution in [-0.2, 0) is 9.84 Å². The Kier molecular flexibility index (Phi) is 4.48. The van der Waals surface area contributed by atoms with Crippen molar-refractivity contribution in [1.82, 2.24) is 4.90 Å². The number of rotatable bonds is 2. The van der Waals surface area contributed by atoms with Crippen LogP contribution in [-0.4, -0.2) is 56.9 Å². The zero-order valence-corrected chi connectivity index (χ0v) is 15.4. The Hall–Kier alpha value is -1.56. The van der Waals surface area contributed by atoms with Crippen LogP contribution >= 0.6 is 0 Å². The lowest BCUT2D eigenvalue weighted by Gasteiger charge is -2.42. The molecule has 3 fully saturated rings. The van der Waals surface area contributed by atoms with Gasteiger partial charge < -0.3 is 9.80 Å². The average molecular weight is 362 g/mol. The van der Waals surface area contributed by atoms with Crippen LogP contribution in [0.15, 0.2) is 24.3 Å². The number of para-hydroxylation sites is 1. The van der Waals surface area contributed by atoms with E-state index in [1.165, 1.54) is 25.7 Å². The van der Waals surface area contributed by atoms with E-state index in [0.717, 1.165) is 24.3 Å². The van der Waals surface area contributed by atoms with Gasteiger partial charge in [0.25, 0.3) is 5.91 Å². The number of hydrogen-bond donors (Lipinski definition) is 0. The lowest BCUT2D eigenvalue weighted by Crippen LogP contribution is -2.46. The molecule has 136 valence electrons. The molecule has 2 aliphatic heterocycles. The molecule has 6 heteroatoms. The molecular weight excluding hydrogens is 336 g/mol. The molecule has 0 radical (unpaired) electrons. The highest BCUT2D eigenvalue weighted by molar-refractivity contribution is 7.91. The maximum Gasteiger partial charge on any atom is 0.255 e. The molecule has 2 heterocycles. The number of sulfone groups is 1. The molecule has 5 nitrogen and oxygen atoms in total. The summed E-state index contributed by atoms with van der Waals surface area (Å²) in [5.74, 6) is 1.76. The number of benzene rings is 1. The standard InChI is InChI=1S/C19H26N2O3S/c22-19(21-13-15-4-3-5-16(12-15)14-21)17-6-1-2-7-18(17)20-8-10-25(23,24)11-9-20/h1-2,6-7,15-16H,3-5,8-14H2/t15-,16-/m0/s1. The van der Waals surface area contributed by atoms with Crippen molar-refractivity contribution >= 4 is 21.4 Å². The zero-order valence-electron chi connectivity index (χ0n) is 14.6. The Morgan fingerprint density at radius 2 is 1.64 bits per heavy atom. The summed E-state index contributed by atoms with van der Waals surface area (Å²) in [7, 11) is -2.92. The van der Waals surface area contributed by atoms with Crippen LogP contribution < -0.4 is 4.90 Å². The molecular formula is C19H26N2O3S. The number of nitrogens with zero attached hydrogens (tertiary/aromatic N) is 2. The largest absolute Gasteiger partial charge is 0.369 e. The molecule has 0 aromatic heterocycles. The smallest absolute Gasteiger partial charge is 0.255 e. The second-order valence-corrected chi connectivity index (χ2v) is 10.1. The van der Waals surface area contributed by atoms with Gasteiger partial charge in [-0.25, -0.2) is 8.42 Å². The van der Waals surface area contributed by atoms with E-state index in [4.69, 9.17) is 0 Å². The number of carbonyl (C=O) groups excluding carboxylic acids is 1. The number of carbonyl (C=O) groups is 1. The molecule has 1 aromatic rings. The first-order valence-electron chi connectivity index (χ1n) is 9.35. The highest BCUT2D eigenvalue weighted by atomic mass is 32.2. The maximum atomic E-state index is 13.2. The highest BCUT2D eigenvalue weighted by Gasteiger charge is 2.34. The summed E-state index contributed by atoms with van der Waals surface area (Å²) >= 11 is 0. The number of anilines is 1. The molecule has 4 rings (SSSR count). The fourth-order valence-corrected chi connectivity index (χ4v) is 5.85. The number of amides is 1. The molecule has 2 atom stereocenters. The Morgan fingerprint density at radius 3 is 2.32 bits per heavy atom. The van der Waals surface area contributed by atoms with Crippen molar-refractivity contribution < 1.29 is 13.2 Å². The average Bonchev–Trinajstić information content (AvgIpc) is 2.61. The number of likely N-dealkylation sites (tertiary alicyclic amines) is 1. The molecule has 2 saturated heterocycles. The van der Waals surface area contributed by atoms with E-state index >= 15 is 0 Å². The minimum atomic E-state index is -2.92. The van der Waals surface area contributed by atoms with Crippen molar-refractivity contribution in [2.75, 3.05) is 42.6 Å². The van der Waals surface area contributed by atoms with Gasteiger partial charge in [0.05, 0.1) is 17.1 Å². The van der Waals surface area contributed by atoms with Crippen molar-refractivity contribution in [3.63, 3.8) is 0 Å². The van der Waals surface area contributed by atoms with Gasteiger partial charge in [-0.1, -0.05) is 18.6 Å². The van der Waals surface area contributed by atoms with E-state index in [1.54, 1.807) is 0 Å². The third-order valence-corrected chi connectivity index (χ3v) is 7.56. The van der Waals surface area contributed by atoms with Gasteiger partial charge in [0.2, 0.25) is 0 Å². The van der Waals surface area contributed by atoms with Gasteiger partial charge in [-0.2, -0.15) is 0 Å². The fourth-order valence-electron chi connectivity index (χ4n) is 4.65. The minimum Gasteiger partial charge on any atom is -0.369 e. The second-order valence-electron chi connectivity index (χ2n) is 7.76. The predicted octanol–water partition coefficient (Wildman–Crippen LogP) is 2.18. The summed E-state index contributed by atoms with van der Waals surface area (Å²) in [5.41, 5.74) is 1.61. The fraction of sp³-hybridized carbons (Fsp3) is 0.632. The molecule has 2 bridgehead atoms. The van der Waals surface area contributed by atoms with Crippen LogP contribution in [0.5, 0.6) is 0 Å². The molecule has 1 aromatic carbocycles. The quantitative estimate of drug-likeness (QED) is 0.809. The van der Waals surface area contributed by atoms with Gasteiger partial charge in [-0.05, 0) is 43.2 Å². The molecule has 1 aliphatic carbocycles. The van der Waals surface area contributed by atoms with Crippen LogP contribution in [0.3, 0.4) is 0 Å². The second kappa shape index (κ2) is 6.63. The van der Waals surface area contributed by atoms with Crippen molar-refractivity contribution in [3.05, 3.63) is 29.8 Å². The first-order chi connectivity index (χ1) is 12.0. The summed E-state index contributed by atoms with van der Waals surface area (Å²) in [6.07, 6.45) is 5.06. The van der Waals surface area contributed by atoms with E-state index in [9.17, 15) is 13.2 Å². The summed E-state index contributed by atoms with van der Waals surface area (Å²) < 4.78 is 23.4. The van der Waals surface area contributed by atoms with Crippen LogP contribution in [0, 0.1) is 11.8 Å². The van der Waals surface area contributed by atoms with Crippen LogP contribution in [0.25, 0.3) is 0 Å². The minimum absolute atomic E-state index is 0.112. The van der Waals surface area contributed by atoms with Crippen molar-refractivity contribution in [2.24, 2.45) is 11.8 Å². The Bertz CT molecular complexity index is 736. The van der Waals surface area contributed by atoms with Gasteiger partial charge in [-0.15, -0.1) is 0 Å². The first kappa shape index (κ1) is 16.9.